The number of hydrogen-bond donors (Lipinski definition) is 2. The lowest BCUT2D eigenvalue weighted by Gasteiger charge is -2.03. The number of amides is 1. The SMILES string of the molecule is O=C(O)CNC(=O)C1CC1c1ccc(Cl)c(Cl)c1. The van der Waals surface area contributed by atoms with E-state index in [4.69, 9.17) is 28.3 Å². The van der Waals surface area contributed by atoms with Crippen LogP contribution in [0.4, 0.5) is 0 Å². The summed E-state index contributed by atoms with van der Waals surface area (Å²) in [4.78, 5) is 21.9. The first-order valence-corrected chi connectivity index (χ1v) is 6.19. The van der Waals surface area contributed by atoms with Crippen molar-refractivity contribution in [1.82, 2.24) is 5.32 Å². The zero-order chi connectivity index (χ0) is 13.3. The topological polar surface area (TPSA) is 66.4 Å². The molecule has 0 bridgehead atoms. The number of rotatable bonds is 4. The molecular formula is C12H11Cl2NO3. The number of carboxylic acids is 1. The minimum absolute atomic E-state index is 0.105. The van der Waals surface area contributed by atoms with E-state index in [0.29, 0.717) is 16.5 Å². The van der Waals surface area contributed by atoms with Crippen LogP contribution in [0.15, 0.2) is 18.2 Å². The fourth-order valence-corrected chi connectivity index (χ4v) is 2.20. The van der Waals surface area contributed by atoms with Crippen molar-refractivity contribution in [3.8, 4) is 0 Å². The molecule has 1 aromatic rings. The van der Waals surface area contributed by atoms with Crippen LogP contribution >= 0.6 is 23.2 Å². The van der Waals surface area contributed by atoms with Gasteiger partial charge in [-0.1, -0.05) is 29.3 Å². The van der Waals surface area contributed by atoms with Crippen LogP contribution in [0, 0.1) is 5.92 Å². The molecule has 1 fully saturated rings. The van der Waals surface area contributed by atoms with Gasteiger partial charge in [0.2, 0.25) is 5.91 Å². The van der Waals surface area contributed by atoms with E-state index in [1.807, 2.05) is 6.07 Å². The third kappa shape index (κ3) is 2.94. The van der Waals surface area contributed by atoms with Crippen molar-refractivity contribution in [1.29, 1.82) is 0 Å². The molecule has 1 aliphatic carbocycles. The Kier molecular flexibility index (Phi) is 3.78. The van der Waals surface area contributed by atoms with Crippen molar-refractivity contribution in [2.75, 3.05) is 6.54 Å². The normalized spacial score (nSPS) is 21.4. The largest absolute Gasteiger partial charge is 0.480 e. The van der Waals surface area contributed by atoms with Crippen LogP contribution < -0.4 is 5.32 Å². The molecule has 96 valence electrons. The zero-order valence-corrected chi connectivity index (χ0v) is 10.8. The van der Waals surface area contributed by atoms with Crippen LogP contribution in [-0.4, -0.2) is 23.5 Å². The Morgan fingerprint density at radius 3 is 2.67 bits per heavy atom. The minimum Gasteiger partial charge on any atom is -0.480 e. The number of carbonyl (C=O) groups excluding carboxylic acids is 1. The second-order valence-electron chi connectivity index (χ2n) is 4.23. The summed E-state index contributed by atoms with van der Waals surface area (Å²) < 4.78 is 0. The molecule has 1 aliphatic rings. The molecule has 1 saturated carbocycles. The predicted octanol–water partition coefficient (Wildman–Crippen LogP) is 2.30. The summed E-state index contributed by atoms with van der Waals surface area (Å²) in [6, 6.07) is 5.28. The Morgan fingerprint density at radius 1 is 1.33 bits per heavy atom. The molecule has 1 amide bonds. The molecule has 0 aromatic heterocycles. The summed E-state index contributed by atoms with van der Waals surface area (Å²) in [5, 5.41) is 11.8. The Morgan fingerprint density at radius 2 is 2.06 bits per heavy atom. The molecule has 2 unspecified atom stereocenters. The maximum atomic E-state index is 11.6. The Bertz CT molecular complexity index is 504. The lowest BCUT2D eigenvalue weighted by molar-refractivity contribution is -0.138. The lowest BCUT2D eigenvalue weighted by atomic mass is 10.1. The molecule has 2 rings (SSSR count). The molecule has 18 heavy (non-hydrogen) atoms. The molecule has 1 aromatic carbocycles. The standard InChI is InChI=1S/C12H11Cl2NO3/c13-9-2-1-6(3-10(9)14)7-4-8(7)12(18)15-5-11(16)17/h1-3,7-8H,4-5H2,(H,15,18)(H,16,17). The van der Waals surface area contributed by atoms with Crippen LogP contribution in [0.25, 0.3) is 0 Å². The van der Waals surface area contributed by atoms with E-state index in [0.717, 1.165) is 5.56 Å². The predicted molar refractivity (Wildman–Crippen MR) is 68.0 cm³/mol. The average molecular weight is 288 g/mol. The van der Waals surface area contributed by atoms with Gasteiger partial charge >= 0.3 is 5.97 Å². The molecule has 6 heteroatoms. The van der Waals surface area contributed by atoms with Crippen molar-refractivity contribution in [3.63, 3.8) is 0 Å². The minimum atomic E-state index is -1.05. The molecule has 2 N–H and O–H groups in total. The van der Waals surface area contributed by atoms with E-state index in [1.165, 1.54) is 0 Å². The number of halogens is 2. The Hall–Kier alpha value is -1.26. The number of aliphatic carboxylic acids is 1. The highest BCUT2D eigenvalue weighted by atomic mass is 35.5. The second-order valence-corrected chi connectivity index (χ2v) is 5.05. The highest BCUT2D eigenvalue weighted by molar-refractivity contribution is 6.42. The fraction of sp³-hybridized carbons (Fsp3) is 0.333. The van der Waals surface area contributed by atoms with E-state index < -0.39 is 5.97 Å². The summed E-state index contributed by atoms with van der Waals surface area (Å²) in [6.45, 7) is -0.344. The fourth-order valence-electron chi connectivity index (χ4n) is 1.89. The van der Waals surface area contributed by atoms with Gasteiger partial charge in [0, 0.05) is 5.92 Å². The molecule has 0 aliphatic heterocycles. The molecule has 0 radical (unpaired) electrons. The zero-order valence-electron chi connectivity index (χ0n) is 9.32. The van der Waals surface area contributed by atoms with Crippen molar-refractivity contribution in [2.24, 2.45) is 5.92 Å². The van der Waals surface area contributed by atoms with Crippen LogP contribution in [0.3, 0.4) is 0 Å². The molecule has 4 nitrogen and oxygen atoms in total. The molecule has 0 saturated heterocycles. The number of benzene rings is 1. The number of nitrogens with one attached hydrogen (secondary N) is 1. The van der Waals surface area contributed by atoms with E-state index in [1.54, 1.807) is 12.1 Å². The summed E-state index contributed by atoms with van der Waals surface area (Å²) in [5.41, 5.74) is 0.958. The van der Waals surface area contributed by atoms with Crippen LogP contribution in [0.2, 0.25) is 10.0 Å². The van der Waals surface area contributed by atoms with E-state index >= 15 is 0 Å². The van der Waals surface area contributed by atoms with Gasteiger partial charge in [0.1, 0.15) is 6.54 Å². The molecule has 2 atom stereocenters. The second kappa shape index (κ2) is 5.16. The summed E-state index contributed by atoms with van der Waals surface area (Å²) in [5.74, 6) is -1.33. The lowest BCUT2D eigenvalue weighted by Crippen LogP contribution is -2.30. The van der Waals surface area contributed by atoms with Gasteiger partial charge in [0.15, 0.2) is 0 Å². The van der Waals surface area contributed by atoms with Gasteiger partial charge < -0.3 is 10.4 Å². The van der Waals surface area contributed by atoms with E-state index in [-0.39, 0.29) is 24.3 Å². The quantitative estimate of drug-likeness (QED) is 0.893. The Balaban J connectivity index is 1.96. The van der Waals surface area contributed by atoms with Crippen molar-refractivity contribution < 1.29 is 14.7 Å². The third-order valence-corrected chi connectivity index (χ3v) is 3.65. The highest BCUT2D eigenvalue weighted by Gasteiger charge is 2.44. The summed E-state index contributed by atoms with van der Waals surface area (Å²) >= 11 is 11.7. The number of hydrogen-bond acceptors (Lipinski definition) is 2. The smallest absolute Gasteiger partial charge is 0.322 e. The Labute approximate surface area is 114 Å². The van der Waals surface area contributed by atoms with Crippen LogP contribution in [-0.2, 0) is 9.59 Å². The van der Waals surface area contributed by atoms with Gasteiger partial charge in [-0.25, -0.2) is 0 Å². The van der Waals surface area contributed by atoms with Crippen molar-refractivity contribution in [3.05, 3.63) is 33.8 Å². The average Bonchev–Trinajstić information content (AvgIpc) is 3.09. The van der Waals surface area contributed by atoms with E-state index in [2.05, 4.69) is 5.32 Å². The van der Waals surface area contributed by atoms with Crippen molar-refractivity contribution in [2.45, 2.75) is 12.3 Å². The van der Waals surface area contributed by atoms with Crippen LogP contribution in [0.5, 0.6) is 0 Å². The monoisotopic (exact) mass is 287 g/mol. The first-order chi connectivity index (χ1) is 8.49. The molecular weight excluding hydrogens is 277 g/mol. The van der Waals surface area contributed by atoms with Gasteiger partial charge in [0.25, 0.3) is 0 Å². The van der Waals surface area contributed by atoms with Gasteiger partial charge in [-0.15, -0.1) is 0 Å². The first-order valence-electron chi connectivity index (χ1n) is 5.43. The van der Waals surface area contributed by atoms with Gasteiger partial charge in [-0.3, -0.25) is 9.59 Å². The maximum Gasteiger partial charge on any atom is 0.322 e. The van der Waals surface area contributed by atoms with Crippen molar-refractivity contribution >= 4 is 35.1 Å². The molecule has 0 spiro atoms. The van der Waals surface area contributed by atoms with E-state index in [9.17, 15) is 9.59 Å². The van der Waals surface area contributed by atoms with Gasteiger partial charge in [-0.05, 0) is 30.0 Å². The van der Waals surface area contributed by atoms with Gasteiger partial charge in [-0.2, -0.15) is 0 Å². The summed E-state index contributed by atoms with van der Waals surface area (Å²) in [7, 11) is 0. The van der Waals surface area contributed by atoms with Crippen LogP contribution in [0.1, 0.15) is 17.9 Å². The highest BCUT2D eigenvalue weighted by Crippen LogP contribution is 2.48. The number of carbonyl (C=O) groups is 2. The third-order valence-electron chi connectivity index (χ3n) is 2.91. The van der Waals surface area contributed by atoms with Gasteiger partial charge in [0.05, 0.1) is 10.0 Å². The first kappa shape index (κ1) is 13.2. The summed E-state index contributed by atoms with van der Waals surface area (Å²) in [6.07, 6.45) is 0.712. The number of carboxylic acid groups (broad SMARTS) is 1. The molecule has 0 heterocycles. The maximum absolute atomic E-state index is 11.6.